The summed E-state index contributed by atoms with van der Waals surface area (Å²) in [5.74, 6) is -4.07. The van der Waals surface area contributed by atoms with Gasteiger partial charge < -0.3 is 15.1 Å². The molecule has 1 aliphatic heterocycles. The van der Waals surface area contributed by atoms with Crippen LogP contribution in [0.3, 0.4) is 0 Å². The van der Waals surface area contributed by atoms with Gasteiger partial charge in [0.2, 0.25) is 0 Å². The lowest BCUT2D eigenvalue weighted by Crippen LogP contribution is -2.50. The molecule has 0 unspecified atom stereocenters. The molecule has 1 saturated heterocycles. The van der Waals surface area contributed by atoms with E-state index in [1.54, 1.807) is 29.2 Å². The molecular weight excluding hydrogens is 359 g/mol. The van der Waals surface area contributed by atoms with Crippen molar-refractivity contribution in [3.63, 3.8) is 0 Å². The second kappa shape index (κ2) is 7.69. The molecule has 142 valence electrons. The number of Topliss-reactive ketones (excluding diaryl/α,β-unsaturated/α-hetero) is 1. The largest absolute Gasteiger partial charge is 0.366 e. The van der Waals surface area contributed by atoms with Crippen molar-refractivity contribution < 1.29 is 22.8 Å². The summed E-state index contributed by atoms with van der Waals surface area (Å²) in [5.41, 5.74) is 0.969. The molecule has 0 atom stereocenters. The molecule has 0 saturated carbocycles. The molecule has 1 fully saturated rings. The molecule has 8 heteroatoms. The smallest absolute Gasteiger partial charge is 0.321 e. The van der Waals surface area contributed by atoms with Gasteiger partial charge in [-0.25, -0.2) is 18.0 Å². The Morgan fingerprint density at radius 2 is 1.67 bits per heavy atom. The maximum absolute atomic E-state index is 13.9. The molecular formula is C19H18F3N3O2. The third-order valence-corrected chi connectivity index (χ3v) is 4.44. The van der Waals surface area contributed by atoms with Crippen LogP contribution < -0.4 is 10.2 Å². The summed E-state index contributed by atoms with van der Waals surface area (Å²) in [4.78, 5) is 26.9. The molecule has 1 N–H and O–H groups in total. The van der Waals surface area contributed by atoms with Gasteiger partial charge in [0.05, 0.1) is 5.69 Å². The first kappa shape index (κ1) is 18.8. The van der Waals surface area contributed by atoms with Crippen molar-refractivity contribution in [3.05, 3.63) is 59.4 Å². The number of carbonyl (C=O) groups excluding carboxylic acids is 2. The fourth-order valence-corrected chi connectivity index (χ4v) is 2.93. The van der Waals surface area contributed by atoms with E-state index in [0.717, 1.165) is 6.07 Å². The minimum atomic E-state index is -1.50. The Kier molecular flexibility index (Phi) is 5.34. The highest BCUT2D eigenvalue weighted by Crippen LogP contribution is 2.24. The maximum Gasteiger partial charge on any atom is 0.321 e. The van der Waals surface area contributed by atoms with Crippen LogP contribution in [0.25, 0.3) is 0 Å². The topological polar surface area (TPSA) is 52.7 Å². The van der Waals surface area contributed by atoms with E-state index in [1.165, 1.54) is 17.9 Å². The van der Waals surface area contributed by atoms with Crippen molar-refractivity contribution in [2.75, 3.05) is 36.4 Å². The van der Waals surface area contributed by atoms with Crippen molar-refractivity contribution in [2.24, 2.45) is 0 Å². The summed E-state index contributed by atoms with van der Waals surface area (Å²) in [7, 11) is 0. The van der Waals surface area contributed by atoms with Gasteiger partial charge in [-0.2, -0.15) is 0 Å². The minimum Gasteiger partial charge on any atom is -0.366 e. The molecule has 0 aliphatic carbocycles. The van der Waals surface area contributed by atoms with Gasteiger partial charge in [0.25, 0.3) is 0 Å². The van der Waals surface area contributed by atoms with E-state index in [-0.39, 0.29) is 43.7 Å². The molecule has 0 radical (unpaired) electrons. The summed E-state index contributed by atoms with van der Waals surface area (Å²) in [6, 6.07) is 8.33. The molecule has 1 aliphatic rings. The molecule has 5 nitrogen and oxygen atoms in total. The van der Waals surface area contributed by atoms with Crippen molar-refractivity contribution in [1.29, 1.82) is 0 Å². The van der Waals surface area contributed by atoms with E-state index in [1.807, 2.05) is 0 Å². The molecule has 0 bridgehead atoms. The van der Waals surface area contributed by atoms with Crippen LogP contribution >= 0.6 is 0 Å². The van der Waals surface area contributed by atoms with Crippen LogP contribution in [0.4, 0.5) is 29.3 Å². The zero-order valence-corrected chi connectivity index (χ0v) is 14.6. The molecule has 2 amide bonds. The van der Waals surface area contributed by atoms with Crippen LogP contribution in [-0.2, 0) is 0 Å². The van der Waals surface area contributed by atoms with E-state index in [4.69, 9.17) is 0 Å². The molecule has 27 heavy (non-hydrogen) atoms. The van der Waals surface area contributed by atoms with Gasteiger partial charge in [-0.15, -0.1) is 0 Å². The summed E-state index contributed by atoms with van der Waals surface area (Å²) < 4.78 is 40.4. The lowest BCUT2D eigenvalue weighted by Gasteiger charge is -2.36. The number of urea groups is 1. The number of halogens is 3. The number of amides is 2. The molecule has 0 aromatic heterocycles. The summed E-state index contributed by atoms with van der Waals surface area (Å²) in [5, 5.41) is 2.72. The lowest BCUT2D eigenvalue weighted by molar-refractivity contribution is 0.101. The van der Waals surface area contributed by atoms with Gasteiger partial charge >= 0.3 is 6.03 Å². The van der Waals surface area contributed by atoms with Crippen molar-refractivity contribution in [1.82, 2.24) is 4.90 Å². The number of nitrogens with one attached hydrogen (secondary N) is 1. The van der Waals surface area contributed by atoms with Crippen LogP contribution in [0.5, 0.6) is 0 Å². The Bertz CT molecular complexity index is 880. The Labute approximate surface area is 154 Å². The van der Waals surface area contributed by atoms with Gasteiger partial charge in [0, 0.05) is 37.4 Å². The van der Waals surface area contributed by atoms with E-state index in [9.17, 15) is 22.8 Å². The highest BCUT2D eigenvalue weighted by Gasteiger charge is 2.25. The second-order valence-electron chi connectivity index (χ2n) is 6.24. The van der Waals surface area contributed by atoms with Crippen molar-refractivity contribution in [2.45, 2.75) is 6.92 Å². The van der Waals surface area contributed by atoms with Crippen LogP contribution in [0.15, 0.2) is 36.4 Å². The number of anilines is 2. The fraction of sp³-hybridized carbons (Fsp3) is 0.263. The number of ketones is 1. The summed E-state index contributed by atoms with van der Waals surface area (Å²) in [6.45, 7) is 2.58. The van der Waals surface area contributed by atoms with Gasteiger partial charge in [0.15, 0.2) is 23.2 Å². The first-order valence-corrected chi connectivity index (χ1v) is 8.42. The number of piperazine rings is 1. The van der Waals surface area contributed by atoms with Gasteiger partial charge in [0.1, 0.15) is 0 Å². The third kappa shape index (κ3) is 4.05. The van der Waals surface area contributed by atoms with Crippen molar-refractivity contribution >= 4 is 23.2 Å². The summed E-state index contributed by atoms with van der Waals surface area (Å²) >= 11 is 0. The van der Waals surface area contributed by atoms with E-state index in [2.05, 4.69) is 5.32 Å². The zero-order chi connectivity index (χ0) is 19.6. The van der Waals surface area contributed by atoms with Crippen LogP contribution in [0.2, 0.25) is 0 Å². The summed E-state index contributed by atoms with van der Waals surface area (Å²) in [6.07, 6.45) is 0. The minimum absolute atomic E-state index is 0.0249. The maximum atomic E-state index is 13.9. The number of carbonyl (C=O) groups is 2. The predicted molar refractivity (Wildman–Crippen MR) is 95.6 cm³/mol. The molecule has 1 heterocycles. The average Bonchev–Trinajstić information content (AvgIpc) is 2.66. The van der Waals surface area contributed by atoms with Gasteiger partial charge in [-0.05, 0) is 31.2 Å². The Morgan fingerprint density at radius 1 is 0.963 bits per heavy atom. The number of hydrogen-bond donors (Lipinski definition) is 1. The second-order valence-corrected chi connectivity index (χ2v) is 6.24. The number of rotatable bonds is 3. The predicted octanol–water partition coefficient (Wildman–Crippen LogP) is 3.66. The molecule has 2 aromatic rings. The standard InChI is InChI=1S/C19H18F3N3O2/c1-12(26)13-3-2-4-14(11-13)23-19(27)25-9-7-24(8-10-25)16-6-5-15(20)17(21)18(16)22/h2-6,11H,7-10H2,1H3,(H,23,27). The quantitative estimate of drug-likeness (QED) is 0.656. The van der Waals surface area contributed by atoms with Crippen LogP contribution in [-0.4, -0.2) is 42.9 Å². The molecule has 3 rings (SSSR count). The Hall–Kier alpha value is -3.03. The molecule has 0 spiro atoms. The van der Waals surface area contributed by atoms with Crippen LogP contribution in [0, 0.1) is 17.5 Å². The zero-order valence-electron chi connectivity index (χ0n) is 14.6. The SMILES string of the molecule is CC(=O)c1cccc(NC(=O)N2CCN(c3ccc(F)c(F)c3F)CC2)c1. The Morgan fingerprint density at radius 3 is 2.33 bits per heavy atom. The first-order valence-electron chi connectivity index (χ1n) is 8.42. The van der Waals surface area contributed by atoms with E-state index >= 15 is 0 Å². The highest BCUT2D eigenvalue weighted by atomic mass is 19.2. The first-order chi connectivity index (χ1) is 12.9. The highest BCUT2D eigenvalue weighted by molar-refractivity contribution is 5.96. The van der Waals surface area contributed by atoms with Crippen molar-refractivity contribution in [3.8, 4) is 0 Å². The average molecular weight is 377 g/mol. The third-order valence-electron chi connectivity index (χ3n) is 4.44. The van der Waals surface area contributed by atoms with E-state index in [0.29, 0.717) is 11.3 Å². The number of nitrogens with zero attached hydrogens (tertiary/aromatic N) is 2. The van der Waals surface area contributed by atoms with Gasteiger partial charge in [-0.3, -0.25) is 4.79 Å². The Balaban J connectivity index is 1.62. The molecule has 2 aromatic carbocycles. The number of hydrogen-bond acceptors (Lipinski definition) is 3. The van der Waals surface area contributed by atoms with Gasteiger partial charge in [-0.1, -0.05) is 12.1 Å². The fourth-order valence-electron chi connectivity index (χ4n) is 2.93. The normalized spacial score (nSPS) is 14.2. The van der Waals surface area contributed by atoms with Crippen LogP contribution in [0.1, 0.15) is 17.3 Å². The van der Waals surface area contributed by atoms with E-state index < -0.39 is 17.5 Å². The lowest BCUT2D eigenvalue weighted by atomic mass is 10.1. The number of benzene rings is 2. The monoisotopic (exact) mass is 377 g/mol.